The van der Waals surface area contributed by atoms with Gasteiger partial charge in [-0.1, -0.05) is 12.1 Å². The Morgan fingerprint density at radius 3 is 2.82 bits per heavy atom. The largest absolute Gasteiger partial charge is 0.467 e. The van der Waals surface area contributed by atoms with Crippen LogP contribution in [0.5, 0.6) is 5.88 Å². The molecule has 4 aromatic rings. The van der Waals surface area contributed by atoms with E-state index >= 15 is 4.39 Å². The molecule has 2 bridgehead atoms. The number of pyridine rings is 1. The fourth-order valence-corrected chi connectivity index (χ4v) is 8.21. The average Bonchev–Trinajstić information content (AvgIpc) is 3.50. The third kappa shape index (κ3) is 3.86. The average molecular weight is 555 g/mol. The molecule has 2 aliphatic heterocycles. The predicted molar refractivity (Wildman–Crippen MR) is 137 cm³/mol. The van der Waals surface area contributed by atoms with Crippen molar-refractivity contribution in [1.29, 1.82) is 0 Å². The van der Waals surface area contributed by atoms with Crippen LogP contribution in [0.15, 0.2) is 58.5 Å². The number of oxazole rings is 1. The van der Waals surface area contributed by atoms with E-state index in [1.165, 1.54) is 24.7 Å². The van der Waals surface area contributed by atoms with Crippen molar-refractivity contribution >= 4 is 26.7 Å². The lowest BCUT2D eigenvalue weighted by Crippen LogP contribution is -2.58. The molecule has 3 atom stereocenters. The molecule has 0 unspecified atom stereocenters. The molecule has 39 heavy (non-hydrogen) atoms. The summed E-state index contributed by atoms with van der Waals surface area (Å²) in [7, 11) is -4.04. The van der Waals surface area contributed by atoms with Crippen LogP contribution in [0.4, 0.5) is 8.78 Å². The van der Waals surface area contributed by atoms with Gasteiger partial charge in [0.05, 0.1) is 28.9 Å². The minimum absolute atomic E-state index is 0.0189. The predicted octanol–water partition coefficient (Wildman–Crippen LogP) is 3.19. The van der Waals surface area contributed by atoms with Gasteiger partial charge in [0, 0.05) is 18.2 Å². The van der Waals surface area contributed by atoms with Gasteiger partial charge in [-0.25, -0.2) is 32.2 Å². The number of hydrogen-bond donors (Lipinski definition) is 1. The quantitative estimate of drug-likeness (QED) is 0.364. The molecule has 3 aromatic heterocycles. The number of nitrogens with zero attached hydrogens (tertiary/aromatic N) is 5. The van der Waals surface area contributed by atoms with Gasteiger partial charge in [0.15, 0.2) is 21.2 Å². The van der Waals surface area contributed by atoms with Gasteiger partial charge in [-0.2, -0.15) is 0 Å². The summed E-state index contributed by atoms with van der Waals surface area (Å²) in [5.41, 5.74) is 6.95. The summed E-state index contributed by atoms with van der Waals surface area (Å²) >= 11 is 0. The second kappa shape index (κ2) is 9.04. The Balaban J connectivity index is 1.33. The summed E-state index contributed by atoms with van der Waals surface area (Å²) in [6.45, 7) is 0.484. The summed E-state index contributed by atoms with van der Waals surface area (Å²) in [6.07, 6.45) is 6.44. The lowest BCUT2D eigenvalue weighted by molar-refractivity contribution is 0.253. The van der Waals surface area contributed by atoms with Crippen LogP contribution < -0.4 is 10.5 Å². The van der Waals surface area contributed by atoms with Crippen LogP contribution >= 0.6 is 0 Å². The van der Waals surface area contributed by atoms with Gasteiger partial charge < -0.3 is 14.9 Å². The van der Waals surface area contributed by atoms with Crippen LogP contribution in [-0.4, -0.2) is 50.9 Å². The van der Waals surface area contributed by atoms with Gasteiger partial charge in [0.25, 0.3) is 0 Å². The Bertz CT molecular complexity index is 1710. The second-order valence-electron chi connectivity index (χ2n) is 9.88. The summed E-state index contributed by atoms with van der Waals surface area (Å²) in [6, 6.07) is 6.13. The van der Waals surface area contributed by atoms with Gasteiger partial charge in [-0.15, -0.1) is 0 Å². The van der Waals surface area contributed by atoms with Crippen LogP contribution in [0.2, 0.25) is 0 Å². The number of nitrogens with two attached hydrogens (primary N) is 1. The van der Waals surface area contributed by atoms with Gasteiger partial charge in [0.2, 0.25) is 11.8 Å². The molecule has 13 heteroatoms. The van der Waals surface area contributed by atoms with Crippen LogP contribution in [0.25, 0.3) is 11.0 Å². The molecule has 0 spiro atoms. The van der Waals surface area contributed by atoms with Crippen molar-refractivity contribution in [2.75, 3.05) is 6.67 Å². The summed E-state index contributed by atoms with van der Waals surface area (Å²) in [4.78, 5) is 21.8. The van der Waals surface area contributed by atoms with Crippen molar-refractivity contribution in [2.45, 2.75) is 48.3 Å². The highest BCUT2D eigenvalue weighted by atomic mass is 32.2. The SMILES string of the molecule is C[C@]1(c2cc(Cc3nccc4nc(OCc5ncco5)cnc34)ccc2F)N=C(N)[C@@]2(CF)CC[C@@H]1S2(=O)=O. The molecule has 2 aliphatic rings. The number of aromatic nitrogens is 4. The first kappa shape index (κ1) is 25.3. The van der Waals surface area contributed by atoms with Crippen LogP contribution in [-0.2, 0) is 28.4 Å². The Morgan fingerprint density at radius 2 is 2.05 bits per heavy atom. The molecule has 1 fully saturated rings. The molecule has 0 saturated carbocycles. The number of benzene rings is 1. The Hall–Kier alpha value is -4.00. The number of rotatable bonds is 7. The fraction of sp³-hybridized carbons (Fsp3) is 0.346. The first-order valence-electron chi connectivity index (χ1n) is 12.2. The van der Waals surface area contributed by atoms with Gasteiger partial charge in [-0.3, -0.25) is 9.98 Å². The van der Waals surface area contributed by atoms with E-state index in [9.17, 15) is 12.8 Å². The topological polar surface area (TPSA) is 146 Å². The fourth-order valence-electron chi connectivity index (χ4n) is 5.57. The summed E-state index contributed by atoms with van der Waals surface area (Å²) in [5.74, 6) is -0.244. The molecule has 10 nitrogen and oxygen atoms in total. The van der Waals surface area contributed by atoms with Crippen molar-refractivity contribution in [3.05, 3.63) is 77.6 Å². The number of halogens is 2. The van der Waals surface area contributed by atoms with E-state index in [4.69, 9.17) is 14.9 Å². The minimum Gasteiger partial charge on any atom is -0.467 e. The number of alkyl halides is 1. The molecule has 0 radical (unpaired) electrons. The summed E-state index contributed by atoms with van der Waals surface area (Å²) < 4.78 is 64.8. The van der Waals surface area contributed by atoms with Crippen molar-refractivity contribution < 1.29 is 26.4 Å². The number of sulfone groups is 1. The lowest BCUT2D eigenvalue weighted by Gasteiger charge is -2.39. The maximum Gasteiger partial charge on any atom is 0.233 e. The maximum absolute atomic E-state index is 15.2. The zero-order valence-electron chi connectivity index (χ0n) is 20.8. The number of hydrogen-bond acceptors (Lipinski definition) is 10. The van der Waals surface area contributed by atoms with E-state index in [2.05, 4.69) is 24.9 Å². The Morgan fingerprint density at radius 1 is 1.21 bits per heavy atom. The number of fused-ring (bicyclic) bond motifs is 3. The van der Waals surface area contributed by atoms with Crippen molar-refractivity contribution in [3.8, 4) is 5.88 Å². The first-order chi connectivity index (χ1) is 18.7. The highest BCUT2D eigenvalue weighted by Crippen LogP contribution is 2.51. The molecular weight excluding hydrogens is 530 g/mol. The second-order valence-corrected chi connectivity index (χ2v) is 12.3. The number of ether oxygens (including phenoxy) is 1. The maximum atomic E-state index is 15.2. The zero-order chi connectivity index (χ0) is 27.4. The van der Waals surface area contributed by atoms with Crippen LogP contribution in [0.3, 0.4) is 0 Å². The van der Waals surface area contributed by atoms with E-state index < -0.39 is 37.9 Å². The first-order valence-corrected chi connectivity index (χ1v) is 13.8. The monoisotopic (exact) mass is 554 g/mol. The lowest BCUT2D eigenvalue weighted by atomic mass is 9.85. The number of aliphatic imine (C=N–C) groups is 1. The highest BCUT2D eigenvalue weighted by Gasteiger charge is 2.65. The zero-order valence-corrected chi connectivity index (χ0v) is 21.7. The minimum atomic E-state index is -4.04. The van der Waals surface area contributed by atoms with Crippen molar-refractivity contribution in [2.24, 2.45) is 10.7 Å². The van der Waals surface area contributed by atoms with Crippen molar-refractivity contribution in [1.82, 2.24) is 19.9 Å². The van der Waals surface area contributed by atoms with E-state index in [0.717, 1.165) is 0 Å². The molecule has 1 aromatic carbocycles. The standard InChI is InChI=1S/C26H24F2N6O4S/c1-25(20-4-6-26(14-27,24(29)34-25)39(20,35)36)16-10-15(2-3-17(16)28)11-19-23-18(5-7-30-19)33-21(12-32-23)38-13-22-31-8-9-37-22/h2-3,5,7-10,12,20H,4,6,11,13-14H2,1H3,(H2,29,34)/t20-,25+,26-/m0/s1. The van der Waals surface area contributed by atoms with Crippen LogP contribution in [0, 0.1) is 5.82 Å². The molecule has 202 valence electrons. The normalized spacial score (nSPS) is 25.5. The van der Waals surface area contributed by atoms with Crippen molar-refractivity contribution in [3.63, 3.8) is 0 Å². The smallest absolute Gasteiger partial charge is 0.233 e. The molecule has 5 heterocycles. The van der Waals surface area contributed by atoms with Crippen LogP contribution in [0.1, 0.15) is 42.5 Å². The van der Waals surface area contributed by atoms with E-state index in [1.54, 1.807) is 31.3 Å². The molecular formula is C26H24F2N6O4S. The molecule has 6 rings (SSSR count). The van der Waals surface area contributed by atoms with Gasteiger partial charge in [0.1, 0.15) is 35.6 Å². The summed E-state index contributed by atoms with van der Waals surface area (Å²) in [5, 5.41) is -1.09. The van der Waals surface area contributed by atoms with Gasteiger partial charge >= 0.3 is 0 Å². The third-order valence-electron chi connectivity index (χ3n) is 7.68. The van der Waals surface area contributed by atoms with E-state index in [-0.39, 0.29) is 43.1 Å². The number of amidine groups is 1. The molecule has 2 N–H and O–H groups in total. The van der Waals surface area contributed by atoms with E-state index in [1.807, 2.05) is 0 Å². The Kier molecular flexibility index (Phi) is 5.86. The molecule has 1 saturated heterocycles. The highest BCUT2D eigenvalue weighted by molar-refractivity contribution is 7.94. The van der Waals surface area contributed by atoms with E-state index in [0.29, 0.717) is 28.2 Å². The molecule has 0 aliphatic carbocycles. The molecule has 0 amide bonds. The third-order valence-corrected chi connectivity index (χ3v) is 10.7. The van der Waals surface area contributed by atoms with Gasteiger partial charge in [-0.05, 0) is 37.5 Å². The Labute approximate surface area is 222 Å².